The van der Waals surface area contributed by atoms with Gasteiger partial charge in [-0.1, -0.05) is 0 Å². The van der Waals surface area contributed by atoms with E-state index in [9.17, 15) is 0 Å². The standard InChI is InChI=1S/C8H14N4S/c1-9-8-11-10-7(12(8)2)6-3-4-13-5-6/h6H,3-5H2,1-2H3,(H,9,11). The van der Waals surface area contributed by atoms with Gasteiger partial charge < -0.3 is 9.88 Å². The highest BCUT2D eigenvalue weighted by Crippen LogP contribution is 2.31. The van der Waals surface area contributed by atoms with Crippen molar-refractivity contribution in [2.24, 2.45) is 7.05 Å². The van der Waals surface area contributed by atoms with Gasteiger partial charge in [-0.05, 0) is 12.2 Å². The SMILES string of the molecule is CNc1nnc(C2CCSC2)n1C. The van der Waals surface area contributed by atoms with Crippen molar-refractivity contribution in [3.8, 4) is 0 Å². The molecule has 1 saturated heterocycles. The largest absolute Gasteiger partial charge is 0.357 e. The first kappa shape index (κ1) is 8.87. The molecule has 0 aromatic carbocycles. The molecular weight excluding hydrogens is 184 g/mol. The van der Waals surface area contributed by atoms with Crippen LogP contribution in [0.15, 0.2) is 0 Å². The second-order valence-electron chi connectivity index (χ2n) is 3.25. The Morgan fingerprint density at radius 2 is 2.38 bits per heavy atom. The van der Waals surface area contributed by atoms with Crippen LogP contribution in [0.4, 0.5) is 5.95 Å². The van der Waals surface area contributed by atoms with Gasteiger partial charge >= 0.3 is 0 Å². The summed E-state index contributed by atoms with van der Waals surface area (Å²) >= 11 is 2.00. The molecule has 2 heterocycles. The number of nitrogens with one attached hydrogen (secondary N) is 1. The Hall–Kier alpha value is -0.710. The summed E-state index contributed by atoms with van der Waals surface area (Å²) < 4.78 is 2.05. The van der Waals surface area contributed by atoms with Crippen molar-refractivity contribution in [2.45, 2.75) is 12.3 Å². The molecule has 0 aliphatic carbocycles. The fourth-order valence-corrected chi connectivity index (χ4v) is 2.87. The van der Waals surface area contributed by atoms with Gasteiger partial charge in [0.15, 0.2) is 0 Å². The highest BCUT2D eigenvalue weighted by atomic mass is 32.2. The molecule has 4 nitrogen and oxygen atoms in total. The van der Waals surface area contributed by atoms with Crippen LogP contribution in [0.5, 0.6) is 0 Å². The highest BCUT2D eigenvalue weighted by molar-refractivity contribution is 7.99. The molecule has 0 saturated carbocycles. The van der Waals surface area contributed by atoms with Crippen LogP contribution in [-0.4, -0.2) is 33.3 Å². The van der Waals surface area contributed by atoms with E-state index in [4.69, 9.17) is 0 Å². The van der Waals surface area contributed by atoms with Crippen LogP contribution in [-0.2, 0) is 7.05 Å². The van der Waals surface area contributed by atoms with E-state index in [0.717, 1.165) is 11.8 Å². The normalized spacial score (nSPS) is 22.2. The van der Waals surface area contributed by atoms with E-state index < -0.39 is 0 Å². The van der Waals surface area contributed by atoms with Crippen LogP contribution in [0.2, 0.25) is 0 Å². The molecule has 2 rings (SSSR count). The lowest BCUT2D eigenvalue weighted by Crippen LogP contribution is -2.07. The summed E-state index contributed by atoms with van der Waals surface area (Å²) in [6, 6.07) is 0. The number of hydrogen-bond acceptors (Lipinski definition) is 4. The second kappa shape index (κ2) is 3.57. The predicted molar refractivity (Wildman–Crippen MR) is 55.2 cm³/mol. The molecule has 1 atom stereocenters. The van der Waals surface area contributed by atoms with Crippen molar-refractivity contribution in [1.82, 2.24) is 14.8 Å². The molecule has 0 spiro atoms. The average Bonchev–Trinajstić information content (AvgIpc) is 2.72. The van der Waals surface area contributed by atoms with E-state index in [0.29, 0.717) is 5.92 Å². The summed E-state index contributed by atoms with van der Waals surface area (Å²) in [5, 5.41) is 11.3. The lowest BCUT2D eigenvalue weighted by molar-refractivity contribution is 0.671. The Morgan fingerprint density at radius 1 is 1.54 bits per heavy atom. The fraction of sp³-hybridized carbons (Fsp3) is 0.750. The molecule has 72 valence electrons. The van der Waals surface area contributed by atoms with Crippen LogP contribution in [0, 0.1) is 0 Å². The van der Waals surface area contributed by atoms with Crippen molar-refractivity contribution in [3.63, 3.8) is 0 Å². The van der Waals surface area contributed by atoms with Crippen LogP contribution >= 0.6 is 11.8 Å². The van der Waals surface area contributed by atoms with Gasteiger partial charge in [-0.2, -0.15) is 11.8 Å². The van der Waals surface area contributed by atoms with E-state index in [-0.39, 0.29) is 0 Å². The van der Waals surface area contributed by atoms with E-state index in [1.807, 2.05) is 25.9 Å². The predicted octanol–water partition coefficient (Wildman–Crippen LogP) is 1.08. The third kappa shape index (κ3) is 1.52. The summed E-state index contributed by atoms with van der Waals surface area (Å²) in [6.45, 7) is 0. The van der Waals surface area contributed by atoms with E-state index >= 15 is 0 Å². The van der Waals surface area contributed by atoms with Crippen molar-refractivity contribution in [3.05, 3.63) is 5.82 Å². The first-order valence-corrected chi connectivity index (χ1v) is 5.63. The number of hydrogen-bond donors (Lipinski definition) is 1. The maximum atomic E-state index is 4.21. The third-order valence-corrected chi connectivity index (χ3v) is 3.59. The quantitative estimate of drug-likeness (QED) is 0.772. The smallest absolute Gasteiger partial charge is 0.224 e. The first-order chi connectivity index (χ1) is 6.33. The second-order valence-corrected chi connectivity index (χ2v) is 4.40. The van der Waals surface area contributed by atoms with Gasteiger partial charge in [0.25, 0.3) is 0 Å². The zero-order valence-corrected chi connectivity index (χ0v) is 8.77. The Labute approximate surface area is 82.1 Å². The van der Waals surface area contributed by atoms with Gasteiger partial charge in [-0.25, -0.2) is 0 Å². The lowest BCUT2D eigenvalue weighted by atomic mass is 10.1. The van der Waals surface area contributed by atoms with Gasteiger partial charge in [-0.15, -0.1) is 10.2 Å². The molecular formula is C8H14N4S. The fourth-order valence-electron chi connectivity index (χ4n) is 1.65. The van der Waals surface area contributed by atoms with Gasteiger partial charge in [-0.3, -0.25) is 0 Å². The van der Waals surface area contributed by atoms with Crippen LogP contribution in [0.25, 0.3) is 0 Å². The van der Waals surface area contributed by atoms with Gasteiger partial charge in [0.05, 0.1) is 0 Å². The van der Waals surface area contributed by atoms with Crippen molar-refractivity contribution in [1.29, 1.82) is 0 Å². The molecule has 13 heavy (non-hydrogen) atoms. The van der Waals surface area contributed by atoms with Crippen LogP contribution < -0.4 is 5.32 Å². The summed E-state index contributed by atoms with van der Waals surface area (Å²) in [6.07, 6.45) is 1.24. The van der Waals surface area contributed by atoms with Crippen molar-refractivity contribution >= 4 is 17.7 Å². The Balaban J connectivity index is 2.24. The summed E-state index contributed by atoms with van der Waals surface area (Å²) in [4.78, 5) is 0. The summed E-state index contributed by atoms with van der Waals surface area (Å²) in [5.41, 5.74) is 0. The molecule has 0 radical (unpaired) electrons. The number of thioether (sulfide) groups is 1. The van der Waals surface area contributed by atoms with Crippen LogP contribution in [0.1, 0.15) is 18.2 Å². The molecule has 1 aromatic heterocycles. The number of anilines is 1. The van der Waals surface area contributed by atoms with Crippen LogP contribution in [0.3, 0.4) is 0 Å². The Kier molecular flexibility index (Phi) is 2.44. The minimum absolute atomic E-state index is 0.601. The zero-order valence-electron chi connectivity index (χ0n) is 7.95. The molecule has 1 aromatic rings. The molecule has 1 unspecified atom stereocenters. The maximum Gasteiger partial charge on any atom is 0.224 e. The maximum absolute atomic E-state index is 4.21. The summed E-state index contributed by atoms with van der Waals surface area (Å²) in [5.74, 6) is 5.02. The Morgan fingerprint density at radius 3 is 2.92 bits per heavy atom. The number of aromatic nitrogens is 3. The lowest BCUT2D eigenvalue weighted by Gasteiger charge is -2.07. The average molecular weight is 198 g/mol. The molecule has 1 aliphatic rings. The molecule has 5 heteroatoms. The van der Waals surface area contributed by atoms with Crippen molar-refractivity contribution in [2.75, 3.05) is 23.9 Å². The van der Waals surface area contributed by atoms with E-state index in [2.05, 4.69) is 20.1 Å². The summed E-state index contributed by atoms with van der Waals surface area (Å²) in [7, 11) is 3.89. The molecule has 0 amide bonds. The monoisotopic (exact) mass is 198 g/mol. The van der Waals surface area contributed by atoms with Gasteiger partial charge in [0.2, 0.25) is 5.95 Å². The van der Waals surface area contributed by atoms with Gasteiger partial charge in [0, 0.05) is 25.8 Å². The van der Waals surface area contributed by atoms with E-state index in [1.165, 1.54) is 17.9 Å². The highest BCUT2D eigenvalue weighted by Gasteiger charge is 2.22. The first-order valence-electron chi connectivity index (χ1n) is 4.47. The molecule has 0 bridgehead atoms. The van der Waals surface area contributed by atoms with E-state index in [1.54, 1.807) is 0 Å². The topological polar surface area (TPSA) is 42.7 Å². The number of rotatable bonds is 2. The minimum atomic E-state index is 0.601. The zero-order chi connectivity index (χ0) is 9.26. The third-order valence-electron chi connectivity index (χ3n) is 2.43. The van der Waals surface area contributed by atoms with Crippen molar-refractivity contribution < 1.29 is 0 Å². The van der Waals surface area contributed by atoms with Gasteiger partial charge in [0.1, 0.15) is 5.82 Å². The molecule has 1 aliphatic heterocycles. The Bertz CT molecular complexity index is 290. The molecule has 1 fully saturated rings. The molecule has 1 N–H and O–H groups in total. The minimum Gasteiger partial charge on any atom is -0.357 e. The number of nitrogens with zero attached hydrogens (tertiary/aromatic N) is 3.